The Balaban J connectivity index is 2.71. The molecule has 0 radical (unpaired) electrons. The van der Waals surface area contributed by atoms with E-state index in [1.807, 2.05) is 19.9 Å². The van der Waals surface area contributed by atoms with Crippen LogP contribution in [-0.4, -0.2) is 17.6 Å². The van der Waals surface area contributed by atoms with E-state index in [1.54, 1.807) is 6.07 Å². The Morgan fingerprint density at radius 1 is 1.47 bits per heavy atom. The van der Waals surface area contributed by atoms with Crippen molar-refractivity contribution < 1.29 is 4.74 Å². The zero-order chi connectivity index (χ0) is 12.8. The lowest BCUT2D eigenvalue weighted by Crippen LogP contribution is -2.10. The van der Waals surface area contributed by atoms with Gasteiger partial charge in [0.2, 0.25) is 5.88 Å². The van der Waals surface area contributed by atoms with Crippen molar-refractivity contribution in [3.63, 3.8) is 0 Å². The number of pyridine rings is 1. The summed E-state index contributed by atoms with van der Waals surface area (Å²) in [6.45, 7) is 8.77. The maximum absolute atomic E-state index is 5.79. The van der Waals surface area contributed by atoms with Gasteiger partial charge in [-0.05, 0) is 39.8 Å². The second kappa shape index (κ2) is 6.13. The van der Waals surface area contributed by atoms with Crippen LogP contribution in [0.4, 0.5) is 11.5 Å². The Hall–Kier alpha value is -1.71. The van der Waals surface area contributed by atoms with Gasteiger partial charge in [-0.2, -0.15) is 4.98 Å². The predicted octanol–water partition coefficient (Wildman–Crippen LogP) is 2.83. The molecule has 0 aromatic carbocycles. The maximum atomic E-state index is 5.79. The van der Waals surface area contributed by atoms with Crippen molar-refractivity contribution in [2.75, 3.05) is 17.6 Å². The second-order valence-corrected chi connectivity index (χ2v) is 4.42. The van der Waals surface area contributed by atoms with E-state index in [0.717, 1.165) is 12.4 Å². The minimum absolute atomic E-state index is 0.0674. The van der Waals surface area contributed by atoms with Gasteiger partial charge in [-0.25, -0.2) is 0 Å². The molecule has 3 N–H and O–H groups in total. The normalized spacial score (nSPS) is 10.2. The van der Waals surface area contributed by atoms with E-state index >= 15 is 0 Å². The van der Waals surface area contributed by atoms with Gasteiger partial charge in [0.1, 0.15) is 5.82 Å². The summed E-state index contributed by atoms with van der Waals surface area (Å²) in [7, 11) is 0. The fraction of sp³-hybridized carbons (Fsp3) is 0.462. The summed E-state index contributed by atoms with van der Waals surface area (Å²) in [6, 6.07) is 3.65. The van der Waals surface area contributed by atoms with Gasteiger partial charge in [0.15, 0.2) is 0 Å². The number of hydrogen-bond donors (Lipinski definition) is 2. The zero-order valence-corrected chi connectivity index (χ0v) is 10.9. The molecule has 0 spiro atoms. The predicted molar refractivity (Wildman–Crippen MR) is 72.3 cm³/mol. The molecule has 0 fully saturated rings. The molecule has 17 heavy (non-hydrogen) atoms. The Morgan fingerprint density at radius 2 is 2.18 bits per heavy atom. The van der Waals surface area contributed by atoms with Crippen molar-refractivity contribution in [3.8, 4) is 5.88 Å². The molecule has 0 aliphatic rings. The molecule has 1 aromatic rings. The van der Waals surface area contributed by atoms with Crippen LogP contribution in [0.3, 0.4) is 0 Å². The molecular formula is C13H21N3O. The van der Waals surface area contributed by atoms with Crippen LogP contribution in [0.2, 0.25) is 0 Å². The van der Waals surface area contributed by atoms with Gasteiger partial charge in [-0.1, -0.05) is 11.6 Å². The van der Waals surface area contributed by atoms with Crippen molar-refractivity contribution in [1.82, 2.24) is 4.98 Å². The van der Waals surface area contributed by atoms with Crippen LogP contribution < -0.4 is 15.8 Å². The van der Waals surface area contributed by atoms with Crippen molar-refractivity contribution >= 4 is 11.5 Å². The molecule has 4 heteroatoms. The summed E-state index contributed by atoms with van der Waals surface area (Å²) in [5.41, 5.74) is 7.62. The van der Waals surface area contributed by atoms with E-state index in [0.29, 0.717) is 11.6 Å². The molecule has 0 bridgehead atoms. The Bertz CT molecular complexity index is 396. The molecule has 0 unspecified atom stereocenters. The van der Waals surface area contributed by atoms with E-state index in [4.69, 9.17) is 10.5 Å². The summed E-state index contributed by atoms with van der Waals surface area (Å²) in [6.07, 6.45) is 2.17. The average molecular weight is 235 g/mol. The fourth-order valence-corrected chi connectivity index (χ4v) is 1.23. The third-order valence-corrected chi connectivity index (χ3v) is 2.03. The average Bonchev–Trinajstić information content (AvgIpc) is 2.21. The molecule has 0 aliphatic carbocycles. The van der Waals surface area contributed by atoms with Crippen molar-refractivity contribution in [3.05, 3.63) is 23.8 Å². The van der Waals surface area contributed by atoms with Crippen LogP contribution in [0, 0.1) is 0 Å². The summed E-state index contributed by atoms with van der Waals surface area (Å²) in [4.78, 5) is 4.32. The first kappa shape index (κ1) is 13.4. The molecule has 0 aliphatic heterocycles. The topological polar surface area (TPSA) is 60.2 Å². The molecule has 94 valence electrons. The van der Waals surface area contributed by atoms with Crippen LogP contribution >= 0.6 is 0 Å². The van der Waals surface area contributed by atoms with Gasteiger partial charge >= 0.3 is 0 Å². The number of allylic oxidation sites excluding steroid dienone is 1. The van der Waals surface area contributed by atoms with Crippen LogP contribution in [0.15, 0.2) is 23.8 Å². The summed E-state index contributed by atoms with van der Waals surface area (Å²) in [5.74, 6) is 1.26. The minimum atomic E-state index is 0.0674. The number of nitrogens with two attached hydrogens (primary N) is 1. The quantitative estimate of drug-likeness (QED) is 0.770. The number of ether oxygens (including phenoxy) is 1. The number of rotatable bonds is 5. The zero-order valence-electron chi connectivity index (χ0n) is 10.9. The van der Waals surface area contributed by atoms with E-state index in [9.17, 15) is 0 Å². The number of nitrogens with zero attached hydrogens (tertiary/aromatic N) is 1. The van der Waals surface area contributed by atoms with Gasteiger partial charge in [0.25, 0.3) is 0 Å². The highest BCUT2D eigenvalue weighted by molar-refractivity contribution is 5.53. The summed E-state index contributed by atoms with van der Waals surface area (Å²) >= 11 is 0. The number of hydrogen-bond acceptors (Lipinski definition) is 4. The lowest BCUT2D eigenvalue weighted by molar-refractivity contribution is 0.234. The minimum Gasteiger partial charge on any atom is -0.473 e. The smallest absolute Gasteiger partial charge is 0.239 e. The second-order valence-electron chi connectivity index (χ2n) is 4.42. The van der Waals surface area contributed by atoms with E-state index in [2.05, 4.69) is 30.2 Å². The van der Waals surface area contributed by atoms with Crippen LogP contribution in [0.25, 0.3) is 0 Å². The maximum Gasteiger partial charge on any atom is 0.239 e. The van der Waals surface area contributed by atoms with E-state index in [-0.39, 0.29) is 6.10 Å². The lowest BCUT2D eigenvalue weighted by Gasteiger charge is -2.12. The van der Waals surface area contributed by atoms with E-state index in [1.165, 1.54) is 5.57 Å². The molecule has 1 aromatic heterocycles. The molecular weight excluding hydrogens is 214 g/mol. The molecule has 1 rings (SSSR count). The highest BCUT2D eigenvalue weighted by Gasteiger charge is 2.05. The van der Waals surface area contributed by atoms with Gasteiger partial charge < -0.3 is 15.8 Å². The molecule has 0 saturated carbocycles. The highest BCUT2D eigenvalue weighted by atomic mass is 16.5. The summed E-state index contributed by atoms with van der Waals surface area (Å²) < 4.78 is 5.52. The first-order chi connectivity index (χ1) is 7.99. The fourth-order valence-electron chi connectivity index (χ4n) is 1.23. The molecule has 4 nitrogen and oxygen atoms in total. The van der Waals surface area contributed by atoms with Gasteiger partial charge in [-0.3, -0.25) is 0 Å². The SMILES string of the molecule is CC(C)=CCNc1ccc(N)c(OC(C)C)n1. The Kier molecular flexibility index (Phi) is 4.82. The van der Waals surface area contributed by atoms with Gasteiger partial charge in [0.05, 0.1) is 11.8 Å². The van der Waals surface area contributed by atoms with E-state index < -0.39 is 0 Å². The Labute approximate surface area is 103 Å². The van der Waals surface area contributed by atoms with Gasteiger partial charge in [-0.15, -0.1) is 0 Å². The highest BCUT2D eigenvalue weighted by Crippen LogP contribution is 2.21. The third-order valence-electron chi connectivity index (χ3n) is 2.03. The van der Waals surface area contributed by atoms with Crippen LogP contribution in [0.1, 0.15) is 27.7 Å². The van der Waals surface area contributed by atoms with Crippen molar-refractivity contribution in [2.45, 2.75) is 33.8 Å². The standard InChI is InChI=1S/C13H21N3O/c1-9(2)7-8-15-12-6-5-11(14)13(16-12)17-10(3)4/h5-7,10H,8,14H2,1-4H3,(H,15,16). The third kappa shape index (κ3) is 4.76. The van der Waals surface area contributed by atoms with Crippen LogP contribution in [0.5, 0.6) is 5.88 Å². The first-order valence-electron chi connectivity index (χ1n) is 5.79. The molecule has 0 atom stereocenters. The van der Waals surface area contributed by atoms with Crippen LogP contribution in [-0.2, 0) is 0 Å². The van der Waals surface area contributed by atoms with Crippen molar-refractivity contribution in [2.24, 2.45) is 0 Å². The number of aromatic nitrogens is 1. The first-order valence-corrected chi connectivity index (χ1v) is 5.79. The summed E-state index contributed by atoms with van der Waals surface area (Å²) in [5, 5.41) is 3.19. The molecule has 0 amide bonds. The monoisotopic (exact) mass is 235 g/mol. The molecule has 0 saturated heterocycles. The lowest BCUT2D eigenvalue weighted by atomic mass is 10.3. The molecule has 1 heterocycles. The number of nitrogens with one attached hydrogen (secondary N) is 1. The number of anilines is 2. The van der Waals surface area contributed by atoms with Gasteiger partial charge in [0, 0.05) is 6.54 Å². The Morgan fingerprint density at radius 3 is 2.76 bits per heavy atom. The van der Waals surface area contributed by atoms with Crippen molar-refractivity contribution in [1.29, 1.82) is 0 Å². The number of nitrogen functional groups attached to an aromatic ring is 1. The largest absolute Gasteiger partial charge is 0.473 e.